The van der Waals surface area contributed by atoms with E-state index in [0.29, 0.717) is 42.4 Å². The van der Waals surface area contributed by atoms with Crippen LogP contribution >= 0.6 is 11.3 Å². The van der Waals surface area contributed by atoms with Gasteiger partial charge in [-0.1, -0.05) is 12.1 Å². The Bertz CT molecular complexity index is 914. The third kappa shape index (κ3) is 4.39. The van der Waals surface area contributed by atoms with Crippen LogP contribution in [0.2, 0.25) is 0 Å². The van der Waals surface area contributed by atoms with Crippen LogP contribution in [0.15, 0.2) is 29.6 Å². The van der Waals surface area contributed by atoms with Gasteiger partial charge in [0.2, 0.25) is 5.91 Å². The SMILES string of the molecule is COC(=O)c1c(-c2ccc(F)cc2)csc1NC(=O)CN1CCC2(CC1)OCCO2. The molecule has 2 aliphatic rings. The van der Waals surface area contributed by atoms with Gasteiger partial charge in [0.25, 0.3) is 0 Å². The van der Waals surface area contributed by atoms with E-state index in [1.165, 1.54) is 30.6 Å². The van der Waals surface area contributed by atoms with Gasteiger partial charge in [0.15, 0.2) is 5.79 Å². The van der Waals surface area contributed by atoms with Crippen molar-refractivity contribution in [2.24, 2.45) is 0 Å². The van der Waals surface area contributed by atoms with Crippen LogP contribution in [-0.4, -0.2) is 62.5 Å². The molecule has 2 saturated heterocycles. The number of hydrogen-bond acceptors (Lipinski definition) is 7. The maximum Gasteiger partial charge on any atom is 0.341 e. The van der Waals surface area contributed by atoms with Crippen molar-refractivity contribution in [3.05, 3.63) is 41.0 Å². The van der Waals surface area contributed by atoms with Gasteiger partial charge in [0.1, 0.15) is 16.4 Å². The lowest BCUT2D eigenvalue weighted by Gasteiger charge is -2.37. The number of piperidine rings is 1. The molecule has 1 aromatic heterocycles. The van der Waals surface area contributed by atoms with Gasteiger partial charge >= 0.3 is 5.97 Å². The second-order valence-corrected chi connectivity index (χ2v) is 8.16. The third-order valence-corrected chi connectivity index (χ3v) is 6.28. The summed E-state index contributed by atoms with van der Waals surface area (Å²) in [6.07, 6.45) is 1.45. The summed E-state index contributed by atoms with van der Waals surface area (Å²) < 4.78 is 29.6. The highest BCUT2D eigenvalue weighted by atomic mass is 32.1. The Morgan fingerprint density at radius 1 is 1.20 bits per heavy atom. The molecule has 1 aromatic carbocycles. The fourth-order valence-electron chi connectivity index (χ4n) is 3.80. The molecule has 0 radical (unpaired) electrons. The van der Waals surface area contributed by atoms with E-state index in [-0.39, 0.29) is 23.8 Å². The molecule has 1 amide bonds. The number of halogens is 1. The Labute approximate surface area is 177 Å². The molecule has 2 aromatic rings. The zero-order valence-corrected chi connectivity index (χ0v) is 17.4. The number of likely N-dealkylation sites (tertiary alicyclic amines) is 1. The van der Waals surface area contributed by atoms with Crippen LogP contribution < -0.4 is 5.32 Å². The molecule has 30 heavy (non-hydrogen) atoms. The van der Waals surface area contributed by atoms with Crippen LogP contribution in [0.4, 0.5) is 9.39 Å². The molecule has 7 nitrogen and oxygen atoms in total. The van der Waals surface area contributed by atoms with Crippen LogP contribution in [-0.2, 0) is 19.0 Å². The Kier molecular flexibility index (Phi) is 6.14. The lowest BCUT2D eigenvalue weighted by atomic mass is 10.0. The fourth-order valence-corrected chi connectivity index (χ4v) is 4.78. The average Bonchev–Trinajstić information content (AvgIpc) is 3.37. The summed E-state index contributed by atoms with van der Waals surface area (Å²) in [5.74, 6) is -1.61. The average molecular weight is 434 g/mol. The normalized spacial score (nSPS) is 18.5. The van der Waals surface area contributed by atoms with Crippen LogP contribution in [0.1, 0.15) is 23.2 Å². The maximum absolute atomic E-state index is 13.3. The standard InChI is InChI=1S/C21H23FN2O5S/c1-27-20(26)18-16(14-2-4-15(22)5-3-14)13-30-19(18)23-17(25)12-24-8-6-21(7-9-24)28-10-11-29-21/h2-5,13H,6-12H2,1H3,(H,23,25). The van der Waals surface area contributed by atoms with Crippen molar-refractivity contribution >= 4 is 28.2 Å². The molecule has 0 atom stereocenters. The van der Waals surface area contributed by atoms with Gasteiger partial charge in [-0.2, -0.15) is 0 Å². The predicted octanol–water partition coefficient (Wildman–Crippen LogP) is 3.12. The second-order valence-electron chi connectivity index (χ2n) is 7.28. The number of hydrogen-bond donors (Lipinski definition) is 1. The maximum atomic E-state index is 13.3. The number of nitrogens with zero attached hydrogens (tertiary/aromatic N) is 1. The van der Waals surface area contributed by atoms with Gasteiger partial charge in [-0.3, -0.25) is 9.69 Å². The van der Waals surface area contributed by atoms with Gasteiger partial charge in [-0.15, -0.1) is 11.3 Å². The Balaban J connectivity index is 1.44. The summed E-state index contributed by atoms with van der Waals surface area (Å²) in [7, 11) is 1.29. The van der Waals surface area contributed by atoms with E-state index in [9.17, 15) is 14.0 Å². The number of anilines is 1. The Morgan fingerprint density at radius 3 is 2.50 bits per heavy atom. The van der Waals surface area contributed by atoms with Gasteiger partial charge < -0.3 is 19.5 Å². The van der Waals surface area contributed by atoms with E-state index in [2.05, 4.69) is 5.32 Å². The van der Waals surface area contributed by atoms with E-state index < -0.39 is 11.8 Å². The molecule has 2 fully saturated rings. The van der Waals surface area contributed by atoms with E-state index >= 15 is 0 Å². The molecule has 2 aliphatic heterocycles. The van der Waals surface area contributed by atoms with Gasteiger partial charge in [0.05, 0.1) is 26.9 Å². The highest BCUT2D eigenvalue weighted by Gasteiger charge is 2.40. The van der Waals surface area contributed by atoms with Crippen LogP contribution in [0.3, 0.4) is 0 Å². The van der Waals surface area contributed by atoms with Crippen LogP contribution in [0, 0.1) is 5.82 Å². The summed E-state index contributed by atoms with van der Waals surface area (Å²) >= 11 is 1.24. The van der Waals surface area contributed by atoms with Crippen molar-refractivity contribution in [3.63, 3.8) is 0 Å². The molecule has 1 spiro atoms. The first-order valence-electron chi connectivity index (χ1n) is 9.75. The quantitative estimate of drug-likeness (QED) is 0.729. The first-order valence-corrected chi connectivity index (χ1v) is 10.6. The number of thiophene rings is 1. The first kappa shape index (κ1) is 20.9. The predicted molar refractivity (Wildman–Crippen MR) is 110 cm³/mol. The Hall–Kier alpha value is -2.33. The number of nitrogens with one attached hydrogen (secondary N) is 1. The van der Waals surface area contributed by atoms with Crippen molar-refractivity contribution in [3.8, 4) is 11.1 Å². The summed E-state index contributed by atoms with van der Waals surface area (Å²) in [6.45, 7) is 2.84. The second kappa shape index (κ2) is 8.81. The van der Waals surface area contributed by atoms with Crippen LogP contribution in [0.25, 0.3) is 11.1 Å². The number of benzene rings is 1. The zero-order valence-electron chi connectivity index (χ0n) is 16.6. The Morgan fingerprint density at radius 2 is 1.87 bits per heavy atom. The molecule has 0 bridgehead atoms. The molecule has 1 N–H and O–H groups in total. The molecule has 0 saturated carbocycles. The summed E-state index contributed by atoms with van der Waals surface area (Å²) in [6, 6.07) is 5.83. The topological polar surface area (TPSA) is 77.1 Å². The molecule has 160 valence electrons. The number of esters is 1. The number of carbonyl (C=O) groups is 2. The van der Waals surface area contributed by atoms with Crippen molar-refractivity contribution in [1.29, 1.82) is 0 Å². The molecular weight excluding hydrogens is 411 g/mol. The highest BCUT2D eigenvalue weighted by molar-refractivity contribution is 7.15. The number of amides is 1. The fraction of sp³-hybridized carbons (Fsp3) is 0.429. The summed E-state index contributed by atoms with van der Waals surface area (Å²) in [5, 5.41) is 5.01. The van der Waals surface area contributed by atoms with E-state index in [1.807, 2.05) is 4.90 Å². The molecule has 4 rings (SSSR count). The number of carbonyl (C=O) groups excluding carboxylic acids is 2. The van der Waals surface area contributed by atoms with Crippen molar-refractivity contribution in [2.75, 3.05) is 45.3 Å². The zero-order chi connectivity index (χ0) is 21.1. The molecule has 0 aliphatic carbocycles. The van der Waals surface area contributed by atoms with E-state index in [0.717, 1.165) is 12.8 Å². The lowest BCUT2D eigenvalue weighted by Crippen LogP contribution is -2.47. The van der Waals surface area contributed by atoms with E-state index in [4.69, 9.17) is 14.2 Å². The third-order valence-electron chi connectivity index (χ3n) is 5.39. The number of ether oxygens (including phenoxy) is 3. The van der Waals surface area contributed by atoms with Crippen LogP contribution in [0.5, 0.6) is 0 Å². The molecule has 3 heterocycles. The molecular formula is C21H23FN2O5S. The van der Waals surface area contributed by atoms with Gasteiger partial charge in [-0.05, 0) is 17.7 Å². The van der Waals surface area contributed by atoms with Crippen molar-refractivity contribution < 1.29 is 28.2 Å². The largest absolute Gasteiger partial charge is 0.465 e. The highest BCUT2D eigenvalue weighted by Crippen LogP contribution is 2.36. The monoisotopic (exact) mass is 434 g/mol. The molecule has 0 unspecified atom stereocenters. The summed E-state index contributed by atoms with van der Waals surface area (Å²) in [5.41, 5.74) is 1.54. The minimum absolute atomic E-state index is 0.209. The number of rotatable bonds is 5. The first-order chi connectivity index (χ1) is 14.5. The number of methoxy groups -OCH3 is 1. The van der Waals surface area contributed by atoms with Gasteiger partial charge in [-0.25, -0.2) is 9.18 Å². The molecule has 9 heteroatoms. The summed E-state index contributed by atoms with van der Waals surface area (Å²) in [4.78, 5) is 27.1. The lowest BCUT2D eigenvalue weighted by molar-refractivity contribution is -0.185. The van der Waals surface area contributed by atoms with Gasteiger partial charge in [0, 0.05) is 36.9 Å². The van der Waals surface area contributed by atoms with Crippen molar-refractivity contribution in [2.45, 2.75) is 18.6 Å². The minimum Gasteiger partial charge on any atom is -0.465 e. The minimum atomic E-state index is -0.554. The van der Waals surface area contributed by atoms with Crippen molar-refractivity contribution in [1.82, 2.24) is 4.90 Å². The van der Waals surface area contributed by atoms with E-state index in [1.54, 1.807) is 17.5 Å². The smallest absolute Gasteiger partial charge is 0.341 e.